The van der Waals surface area contributed by atoms with Gasteiger partial charge in [0.2, 0.25) is 29.5 Å². The number of nitrogens with one attached hydrogen (secondary N) is 4. The normalized spacial score (nSPS) is 17.5. The molecule has 0 aliphatic carbocycles. The summed E-state index contributed by atoms with van der Waals surface area (Å²) in [6, 6.07) is -6.66. The van der Waals surface area contributed by atoms with Crippen LogP contribution in [-0.4, -0.2) is 124 Å². The fourth-order valence-corrected chi connectivity index (χ4v) is 4.33. The maximum absolute atomic E-state index is 13.2. The molecule has 1 heterocycles. The number of hydrogen-bond donors (Lipinski definition) is 10. The molecule has 0 spiro atoms. The van der Waals surface area contributed by atoms with Gasteiger partial charge in [0.05, 0.1) is 19.6 Å². The number of nitrogens with two attached hydrogens (primary N) is 2. The number of amides is 5. The second-order valence-corrected chi connectivity index (χ2v) is 9.65. The zero-order valence-electron chi connectivity index (χ0n) is 22.4. The van der Waals surface area contributed by atoms with E-state index in [0.717, 1.165) is 4.90 Å². The molecular weight excluding hydrogens is 566 g/mol. The van der Waals surface area contributed by atoms with Crippen LogP contribution in [0.4, 0.5) is 0 Å². The Bertz CT molecular complexity index is 969. The van der Waals surface area contributed by atoms with Crippen LogP contribution in [0.3, 0.4) is 0 Å². The van der Waals surface area contributed by atoms with Crippen molar-refractivity contribution >= 4 is 54.1 Å². The van der Waals surface area contributed by atoms with Gasteiger partial charge in [-0.1, -0.05) is 0 Å². The first-order valence-corrected chi connectivity index (χ1v) is 13.6. The summed E-state index contributed by atoms with van der Waals surface area (Å²) in [5, 5.41) is 37.3. The van der Waals surface area contributed by atoms with E-state index in [0.29, 0.717) is 25.8 Å². The highest BCUT2D eigenvalue weighted by molar-refractivity contribution is 7.80. The van der Waals surface area contributed by atoms with Crippen molar-refractivity contribution in [3.63, 3.8) is 0 Å². The predicted molar refractivity (Wildman–Crippen MR) is 145 cm³/mol. The quantitative estimate of drug-likeness (QED) is 0.0522. The molecule has 1 saturated heterocycles. The number of nitrogens with zero attached hydrogens (tertiary/aromatic N) is 1. The van der Waals surface area contributed by atoms with Crippen LogP contribution in [0, 0.1) is 0 Å². The van der Waals surface area contributed by atoms with Gasteiger partial charge < -0.3 is 53.0 Å². The lowest BCUT2D eigenvalue weighted by Gasteiger charge is -2.30. The Balaban J connectivity index is 3.02. The molecule has 0 radical (unpaired) electrons. The Morgan fingerprint density at radius 1 is 0.878 bits per heavy atom. The van der Waals surface area contributed by atoms with Gasteiger partial charge in [-0.15, -0.1) is 0 Å². The van der Waals surface area contributed by atoms with Crippen molar-refractivity contribution < 1.29 is 48.9 Å². The molecule has 5 atom stereocenters. The first-order chi connectivity index (χ1) is 19.4. The molecule has 0 saturated carbocycles. The molecular formula is C23H39N7O10S. The average molecular weight is 606 g/mol. The largest absolute Gasteiger partial charge is 0.481 e. The van der Waals surface area contributed by atoms with Gasteiger partial charge in [-0.2, -0.15) is 12.6 Å². The Morgan fingerprint density at radius 2 is 1.51 bits per heavy atom. The lowest BCUT2D eigenvalue weighted by molar-refractivity contribution is -0.144. The Labute approximate surface area is 241 Å². The smallest absolute Gasteiger partial charge is 0.327 e. The van der Waals surface area contributed by atoms with Crippen LogP contribution in [-0.2, 0) is 33.6 Å². The van der Waals surface area contributed by atoms with Crippen LogP contribution in [0.25, 0.3) is 0 Å². The maximum atomic E-state index is 13.2. The molecule has 41 heavy (non-hydrogen) atoms. The minimum atomic E-state index is -1.58. The van der Waals surface area contributed by atoms with E-state index in [1.54, 1.807) is 0 Å². The summed E-state index contributed by atoms with van der Waals surface area (Å²) in [4.78, 5) is 87.0. The molecule has 5 amide bonds. The van der Waals surface area contributed by atoms with Crippen LogP contribution in [0.1, 0.15) is 38.5 Å². The number of carboxylic acid groups (broad SMARTS) is 2. The van der Waals surface area contributed by atoms with Crippen molar-refractivity contribution in [1.29, 1.82) is 0 Å². The van der Waals surface area contributed by atoms with E-state index in [1.807, 2.05) is 0 Å². The molecule has 0 unspecified atom stereocenters. The first kappa shape index (κ1) is 35.5. The molecule has 11 N–H and O–H groups in total. The van der Waals surface area contributed by atoms with Gasteiger partial charge in [0, 0.05) is 12.3 Å². The molecule has 0 aromatic carbocycles. The van der Waals surface area contributed by atoms with Gasteiger partial charge in [0.15, 0.2) is 0 Å². The fourth-order valence-electron chi connectivity index (χ4n) is 4.09. The lowest BCUT2D eigenvalue weighted by atomic mass is 10.1. The Morgan fingerprint density at radius 3 is 2.05 bits per heavy atom. The maximum Gasteiger partial charge on any atom is 0.327 e. The second-order valence-electron chi connectivity index (χ2n) is 9.28. The number of rotatable bonds is 18. The molecule has 17 nitrogen and oxygen atoms in total. The Hall–Kier alpha value is -3.48. The van der Waals surface area contributed by atoms with Crippen molar-refractivity contribution in [2.75, 3.05) is 32.0 Å². The van der Waals surface area contributed by atoms with Crippen LogP contribution in [0.15, 0.2) is 0 Å². The van der Waals surface area contributed by atoms with Crippen molar-refractivity contribution in [2.24, 2.45) is 11.5 Å². The Kier molecular flexibility index (Phi) is 15.7. The van der Waals surface area contributed by atoms with Gasteiger partial charge >= 0.3 is 11.9 Å². The molecule has 1 aliphatic heterocycles. The van der Waals surface area contributed by atoms with E-state index in [1.165, 1.54) is 0 Å². The fraction of sp³-hybridized carbons (Fsp3) is 0.696. The molecule has 0 aromatic heterocycles. The van der Waals surface area contributed by atoms with Crippen molar-refractivity contribution in [1.82, 2.24) is 26.2 Å². The topological polar surface area (TPSA) is 284 Å². The molecule has 18 heteroatoms. The number of carboxylic acids is 2. The van der Waals surface area contributed by atoms with Crippen molar-refractivity contribution in [2.45, 2.75) is 68.7 Å². The van der Waals surface area contributed by atoms with Gasteiger partial charge in [-0.3, -0.25) is 28.8 Å². The number of carbonyl (C=O) groups excluding carboxylic acids is 5. The number of aliphatic carboxylic acids is 2. The SMILES string of the molecule is NCCCC[C@H](NC(=O)[C@@H]1CCCN1C(=O)[C@H](CO)NC(=O)[C@H](CC(=O)O)NC(=O)CN)C(=O)N[C@@H](CS)C(=O)O. The molecule has 1 rings (SSSR count). The number of carbonyl (C=O) groups is 7. The van der Waals surface area contributed by atoms with E-state index in [9.17, 15) is 43.8 Å². The van der Waals surface area contributed by atoms with E-state index in [-0.39, 0.29) is 25.1 Å². The summed E-state index contributed by atoms with van der Waals surface area (Å²) >= 11 is 3.91. The zero-order chi connectivity index (χ0) is 31.1. The van der Waals surface area contributed by atoms with E-state index >= 15 is 0 Å². The highest BCUT2D eigenvalue weighted by atomic mass is 32.1. The summed E-state index contributed by atoms with van der Waals surface area (Å²) in [5.41, 5.74) is 10.7. The van der Waals surface area contributed by atoms with Crippen molar-refractivity contribution in [3.8, 4) is 0 Å². The summed E-state index contributed by atoms with van der Waals surface area (Å²) in [5.74, 6) is -7.09. The molecule has 1 fully saturated rings. The molecule has 0 bridgehead atoms. The van der Waals surface area contributed by atoms with Crippen LogP contribution in [0.5, 0.6) is 0 Å². The average Bonchev–Trinajstić information content (AvgIpc) is 3.42. The number of thiol groups is 1. The van der Waals surface area contributed by atoms with Gasteiger partial charge in [-0.05, 0) is 38.6 Å². The summed E-state index contributed by atoms with van der Waals surface area (Å²) in [6.07, 6.45) is 0.885. The van der Waals surface area contributed by atoms with Crippen LogP contribution >= 0.6 is 12.6 Å². The highest BCUT2D eigenvalue weighted by Gasteiger charge is 2.39. The molecule has 1 aliphatic rings. The third-order valence-corrected chi connectivity index (χ3v) is 6.59. The molecule has 232 valence electrons. The number of unbranched alkanes of at least 4 members (excludes halogenated alkanes) is 1. The number of aliphatic hydroxyl groups excluding tert-OH is 1. The van der Waals surface area contributed by atoms with Crippen molar-refractivity contribution in [3.05, 3.63) is 0 Å². The predicted octanol–water partition coefficient (Wildman–Crippen LogP) is -4.51. The minimum Gasteiger partial charge on any atom is -0.481 e. The number of aliphatic hydroxyl groups is 1. The highest BCUT2D eigenvalue weighted by Crippen LogP contribution is 2.19. The number of likely N-dealkylation sites (tertiary alicyclic amines) is 1. The standard InChI is InChI=1S/C23H39N7O10S/c24-6-2-1-4-12(19(35)29-15(11-41)23(39)40)27-21(37)16-5-3-7-30(16)22(38)14(10-31)28-20(36)13(8-18(33)34)26-17(32)9-25/h12-16,31,41H,1-11,24-25H2,(H,26,32)(H,27,37)(H,28,36)(H,29,35)(H,33,34)(H,39,40)/t12-,13-,14-,15-,16-/m0/s1. The third-order valence-electron chi connectivity index (χ3n) is 6.23. The first-order valence-electron chi connectivity index (χ1n) is 13.0. The zero-order valence-corrected chi connectivity index (χ0v) is 23.3. The summed E-state index contributed by atoms with van der Waals surface area (Å²) < 4.78 is 0. The third kappa shape index (κ3) is 11.5. The second kappa shape index (κ2) is 18.1. The summed E-state index contributed by atoms with van der Waals surface area (Å²) in [6.45, 7) is -1.01. The molecule has 0 aromatic rings. The monoisotopic (exact) mass is 605 g/mol. The summed E-state index contributed by atoms with van der Waals surface area (Å²) in [7, 11) is 0. The number of hydrogen-bond acceptors (Lipinski definition) is 11. The van der Waals surface area contributed by atoms with Gasteiger partial charge in [0.25, 0.3) is 0 Å². The van der Waals surface area contributed by atoms with Gasteiger partial charge in [-0.25, -0.2) is 4.79 Å². The van der Waals surface area contributed by atoms with E-state index < -0.39 is 91.3 Å². The van der Waals surface area contributed by atoms with E-state index in [2.05, 4.69) is 33.9 Å². The lowest BCUT2D eigenvalue weighted by Crippen LogP contribution is -2.59. The minimum absolute atomic E-state index is 0.0799. The van der Waals surface area contributed by atoms with Crippen LogP contribution in [0.2, 0.25) is 0 Å². The van der Waals surface area contributed by atoms with Gasteiger partial charge in [0.1, 0.15) is 30.2 Å². The van der Waals surface area contributed by atoms with E-state index in [4.69, 9.17) is 16.6 Å². The van der Waals surface area contributed by atoms with Crippen LogP contribution < -0.4 is 32.7 Å².